The van der Waals surface area contributed by atoms with Crippen molar-refractivity contribution in [3.63, 3.8) is 0 Å². The molecule has 0 saturated carbocycles. The van der Waals surface area contributed by atoms with Gasteiger partial charge in [0.1, 0.15) is 0 Å². The van der Waals surface area contributed by atoms with Crippen LogP contribution in [0.2, 0.25) is 0 Å². The maximum atomic E-state index is 12.0. The molecule has 0 amide bonds. The van der Waals surface area contributed by atoms with Gasteiger partial charge in [-0.1, -0.05) is 29.8 Å². The summed E-state index contributed by atoms with van der Waals surface area (Å²) in [5.41, 5.74) is 2.37. The Morgan fingerprint density at radius 3 is 2.17 bits per heavy atom. The minimum atomic E-state index is -3.12. The predicted molar refractivity (Wildman–Crippen MR) is 108 cm³/mol. The average molecular weight is 453 g/mol. The smallest absolute Gasteiger partial charge is 0.191 e. The number of hydrogen-bond acceptors (Lipinski definition) is 3. The molecule has 0 aliphatic rings. The quantitative estimate of drug-likeness (QED) is 0.409. The van der Waals surface area contributed by atoms with Crippen molar-refractivity contribution in [3.05, 3.63) is 35.4 Å². The standard InChI is InChI=1S/C16H27N3O2S.HI/c1-13-6-8-14(9-7-13)12-19-15(17-5)18-10-11-22(20,21)16(2,3)4;/h6-9H,10-12H2,1-5H3,(H2,17,18,19);1H. The SMILES string of the molecule is CN=C(NCCS(=O)(=O)C(C)(C)C)NCc1ccc(C)cc1.I. The summed E-state index contributed by atoms with van der Waals surface area (Å²) in [4.78, 5) is 4.10. The zero-order valence-electron chi connectivity index (χ0n) is 14.5. The highest BCUT2D eigenvalue weighted by molar-refractivity contribution is 14.0. The van der Waals surface area contributed by atoms with Crippen LogP contribution < -0.4 is 10.6 Å². The van der Waals surface area contributed by atoms with Crippen LogP contribution in [0.4, 0.5) is 0 Å². The third kappa shape index (κ3) is 7.52. The number of aliphatic imine (C=N–C) groups is 1. The Balaban J connectivity index is 0.00000484. The van der Waals surface area contributed by atoms with Gasteiger partial charge in [-0.25, -0.2) is 8.42 Å². The van der Waals surface area contributed by atoms with Crippen molar-refractivity contribution in [2.75, 3.05) is 19.3 Å². The molecule has 5 nitrogen and oxygen atoms in total. The van der Waals surface area contributed by atoms with Crippen molar-refractivity contribution >= 4 is 39.8 Å². The molecule has 7 heteroatoms. The molecule has 0 unspecified atom stereocenters. The van der Waals surface area contributed by atoms with Gasteiger partial charge >= 0.3 is 0 Å². The van der Waals surface area contributed by atoms with Crippen LogP contribution in [0.5, 0.6) is 0 Å². The molecule has 0 aromatic heterocycles. The van der Waals surface area contributed by atoms with E-state index >= 15 is 0 Å². The fourth-order valence-electron chi connectivity index (χ4n) is 1.72. The highest BCUT2D eigenvalue weighted by Gasteiger charge is 2.28. The molecule has 0 spiro atoms. The minimum Gasteiger partial charge on any atom is -0.355 e. The molecule has 0 radical (unpaired) electrons. The average Bonchev–Trinajstić information content (AvgIpc) is 2.43. The van der Waals surface area contributed by atoms with Crippen molar-refractivity contribution in [1.29, 1.82) is 0 Å². The number of guanidine groups is 1. The number of rotatable bonds is 5. The van der Waals surface area contributed by atoms with Gasteiger partial charge < -0.3 is 10.6 Å². The molecule has 1 rings (SSSR count). The van der Waals surface area contributed by atoms with E-state index in [1.807, 2.05) is 6.92 Å². The zero-order valence-corrected chi connectivity index (χ0v) is 17.7. The summed E-state index contributed by atoms with van der Waals surface area (Å²) in [5.74, 6) is 0.687. The molecule has 2 N–H and O–H groups in total. The molecule has 0 saturated heterocycles. The Morgan fingerprint density at radius 1 is 1.13 bits per heavy atom. The molecule has 132 valence electrons. The van der Waals surface area contributed by atoms with E-state index in [1.54, 1.807) is 27.8 Å². The lowest BCUT2D eigenvalue weighted by atomic mass is 10.1. The largest absolute Gasteiger partial charge is 0.355 e. The first kappa shape index (κ1) is 22.2. The Labute approximate surface area is 157 Å². The van der Waals surface area contributed by atoms with Crippen LogP contribution in [-0.2, 0) is 16.4 Å². The van der Waals surface area contributed by atoms with Crippen molar-refractivity contribution < 1.29 is 8.42 Å². The van der Waals surface area contributed by atoms with Crippen LogP contribution in [0.15, 0.2) is 29.3 Å². The molecule has 1 aromatic rings. The van der Waals surface area contributed by atoms with E-state index in [1.165, 1.54) is 5.56 Å². The van der Waals surface area contributed by atoms with Gasteiger partial charge in [-0.15, -0.1) is 24.0 Å². The van der Waals surface area contributed by atoms with E-state index in [0.717, 1.165) is 5.56 Å². The monoisotopic (exact) mass is 453 g/mol. The number of sulfone groups is 1. The highest BCUT2D eigenvalue weighted by Crippen LogP contribution is 2.15. The van der Waals surface area contributed by atoms with Crippen LogP contribution in [-0.4, -0.2) is 38.5 Å². The van der Waals surface area contributed by atoms with Gasteiger partial charge in [0.25, 0.3) is 0 Å². The number of hydrogen-bond donors (Lipinski definition) is 2. The summed E-state index contributed by atoms with van der Waals surface area (Å²) in [6, 6.07) is 8.23. The maximum Gasteiger partial charge on any atom is 0.191 e. The zero-order chi connectivity index (χ0) is 16.8. The lowest BCUT2D eigenvalue weighted by Gasteiger charge is -2.19. The third-order valence-corrected chi connectivity index (χ3v) is 6.01. The third-order valence-electron chi connectivity index (χ3n) is 3.40. The summed E-state index contributed by atoms with van der Waals surface area (Å²) in [6.07, 6.45) is 0. The predicted octanol–water partition coefficient (Wildman–Crippen LogP) is 2.49. The molecule has 0 atom stereocenters. The van der Waals surface area contributed by atoms with Gasteiger partial charge in [0.2, 0.25) is 0 Å². The summed E-state index contributed by atoms with van der Waals surface area (Å²) in [6.45, 7) is 8.18. The second-order valence-electron chi connectivity index (χ2n) is 6.27. The highest BCUT2D eigenvalue weighted by atomic mass is 127. The van der Waals surface area contributed by atoms with E-state index in [4.69, 9.17) is 0 Å². The Morgan fingerprint density at radius 2 is 1.70 bits per heavy atom. The molecule has 0 fully saturated rings. The van der Waals surface area contributed by atoms with Crippen LogP contribution >= 0.6 is 24.0 Å². The van der Waals surface area contributed by atoms with Crippen molar-refractivity contribution in [1.82, 2.24) is 10.6 Å². The van der Waals surface area contributed by atoms with E-state index < -0.39 is 14.6 Å². The first-order valence-electron chi connectivity index (χ1n) is 7.38. The second-order valence-corrected chi connectivity index (χ2v) is 9.13. The normalized spacial score (nSPS) is 12.5. The lowest BCUT2D eigenvalue weighted by Crippen LogP contribution is -2.41. The molecule has 0 aliphatic carbocycles. The molecule has 0 bridgehead atoms. The Bertz CT molecular complexity index is 605. The Kier molecular flexibility index (Phi) is 9.12. The van der Waals surface area contributed by atoms with Crippen LogP contribution in [0, 0.1) is 6.92 Å². The van der Waals surface area contributed by atoms with Crippen LogP contribution in [0.3, 0.4) is 0 Å². The van der Waals surface area contributed by atoms with Crippen LogP contribution in [0.25, 0.3) is 0 Å². The van der Waals surface area contributed by atoms with Gasteiger partial charge in [0, 0.05) is 20.1 Å². The van der Waals surface area contributed by atoms with E-state index in [-0.39, 0.29) is 29.7 Å². The minimum absolute atomic E-state index is 0. The molecular formula is C16H28IN3O2S. The van der Waals surface area contributed by atoms with E-state index in [2.05, 4.69) is 39.9 Å². The molecule has 0 aliphatic heterocycles. The molecule has 1 aromatic carbocycles. The van der Waals surface area contributed by atoms with Crippen molar-refractivity contribution in [2.24, 2.45) is 4.99 Å². The lowest BCUT2D eigenvalue weighted by molar-refractivity contribution is 0.559. The Hall–Kier alpha value is -0.830. The summed E-state index contributed by atoms with van der Waals surface area (Å²) in [5, 5.41) is 6.21. The fourth-order valence-corrected chi connectivity index (χ4v) is 2.71. The maximum absolute atomic E-state index is 12.0. The van der Waals surface area contributed by atoms with Crippen LogP contribution in [0.1, 0.15) is 31.9 Å². The first-order chi connectivity index (χ1) is 10.2. The summed E-state index contributed by atoms with van der Waals surface area (Å²) < 4.78 is 23.3. The van der Waals surface area contributed by atoms with Crippen molar-refractivity contribution in [2.45, 2.75) is 39.0 Å². The molecule has 0 heterocycles. The fraction of sp³-hybridized carbons (Fsp3) is 0.562. The number of benzene rings is 1. The summed E-state index contributed by atoms with van der Waals surface area (Å²) in [7, 11) is -1.45. The first-order valence-corrected chi connectivity index (χ1v) is 9.03. The van der Waals surface area contributed by atoms with E-state index in [9.17, 15) is 8.42 Å². The number of nitrogens with one attached hydrogen (secondary N) is 2. The van der Waals surface area contributed by atoms with Gasteiger partial charge in [-0.05, 0) is 33.3 Å². The summed E-state index contributed by atoms with van der Waals surface area (Å²) >= 11 is 0. The second kappa shape index (κ2) is 9.46. The van der Waals surface area contributed by atoms with Gasteiger partial charge in [0.15, 0.2) is 15.8 Å². The number of halogens is 1. The van der Waals surface area contributed by atoms with E-state index in [0.29, 0.717) is 19.0 Å². The molecular weight excluding hydrogens is 425 g/mol. The van der Waals surface area contributed by atoms with Gasteiger partial charge in [-0.2, -0.15) is 0 Å². The number of nitrogens with zero attached hydrogens (tertiary/aromatic N) is 1. The van der Waals surface area contributed by atoms with Crippen molar-refractivity contribution in [3.8, 4) is 0 Å². The number of aryl methyl sites for hydroxylation is 1. The van der Waals surface area contributed by atoms with Gasteiger partial charge in [-0.3, -0.25) is 4.99 Å². The topological polar surface area (TPSA) is 70.6 Å². The molecule has 23 heavy (non-hydrogen) atoms. The van der Waals surface area contributed by atoms with Gasteiger partial charge in [0.05, 0.1) is 10.5 Å².